The van der Waals surface area contributed by atoms with E-state index in [0.29, 0.717) is 0 Å². The quantitative estimate of drug-likeness (QED) is 0.556. The van der Waals surface area contributed by atoms with Crippen molar-refractivity contribution in [1.82, 2.24) is 0 Å². The lowest BCUT2D eigenvalue weighted by Gasteiger charge is -2.07. The van der Waals surface area contributed by atoms with Crippen molar-refractivity contribution < 1.29 is 0 Å². The first-order chi connectivity index (χ1) is 6.38. The molecule has 0 spiro atoms. The zero-order valence-electron chi connectivity index (χ0n) is 8.59. The fourth-order valence-electron chi connectivity index (χ4n) is 1.37. The van der Waals surface area contributed by atoms with E-state index in [1.165, 1.54) is 30.4 Å². The molecule has 1 aromatic carbocycles. The summed E-state index contributed by atoms with van der Waals surface area (Å²) in [5.74, 6) is 0. The largest absolute Gasteiger partial charge is 0.0836 e. The molecule has 0 atom stereocenters. The van der Waals surface area contributed by atoms with Gasteiger partial charge in [-0.2, -0.15) is 0 Å². The zero-order chi connectivity index (χ0) is 9.52. The average molecular weight is 174 g/mol. The summed E-state index contributed by atoms with van der Waals surface area (Å²) in [5, 5.41) is 0. The third-order valence-electron chi connectivity index (χ3n) is 1.93. The zero-order valence-corrected chi connectivity index (χ0v) is 8.59. The second-order valence-electron chi connectivity index (χ2n) is 3.35. The van der Waals surface area contributed by atoms with Crippen molar-refractivity contribution in [3.63, 3.8) is 0 Å². The molecule has 0 fully saturated rings. The molecule has 0 bridgehead atoms. The highest BCUT2D eigenvalue weighted by atomic mass is 14.1. The third kappa shape index (κ3) is 3.06. The van der Waals surface area contributed by atoms with E-state index in [0.717, 1.165) is 0 Å². The third-order valence-corrected chi connectivity index (χ3v) is 1.93. The Bertz CT molecular complexity index is 271. The molecule has 70 valence electrons. The van der Waals surface area contributed by atoms with Crippen LogP contribution in [0.4, 0.5) is 0 Å². The first-order valence-corrected chi connectivity index (χ1v) is 5.13. The van der Waals surface area contributed by atoms with Gasteiger partial charge in [-0.05, 0) is 24.0 Å². The van der Waals surface area contributed by atoms with Gasteiger partial charge in [0.1, 0.15) is 0 Å². The van der Waals surface area contributed by atoms with Crippen molar-refractivity contribution >= 4 is 6.08 Å². The molecule has 0 heterocycles. The number of hydrogen-bond donors (Lipinski definition) is 0. The number of allylic oxidation sites excluding steroid dienone is 1. The van der Waals surface area contributed by atoms with Crippen LogP contribution in [0.25, 0.3) is 6.08 Å². The van der Waals surface area contributed by atoms with E-state index in [2.05, 4.69) is 50.3 Å². The van der Waals surface area contributed by atoms with E-state index in [1.54, 1.807) is 0 Å². The van der Waals surface area contributed by atoms with Gasteiger partial charge in [0, 0.05) is 0 Å². The van der Waals surface area contributed by atoms with Crippen LogP contribution in [-0.4, -0.2) is 0 Å². The number of benzene rings is 1. The second-order valence-corrected chi connectivity index (χ2v) is 3.35. The van der Waals surface area contributed by atoms with Crippen LogP contribution in [0.1, 0.15) is 37.8 Å². The van der Waals surface area contributed by atoms with E-state index in [1.807, 2.05) is 0 Å². The molecule has 2 rings (SSSR count). The Morgan fingerprint density at radius 2 is 1.85 bits per heavy atom. The van der Waals surface area contributed by atoms with E-state index in [4.69, 9.17) is 0 Å². The lowest BCUT2D eigenvalue weighted by atomic mass is 9.98. The van der Waals surface area contributed by atoms with Crippen molar-refractivity contribution in [2.24, 2.45) is 0 Å². The SMILES string of the molecule is C1=Cc2ccccc2CC1.CCC. The summed E-state index contributed by atoms with van der Waals surface area (Å²) in [6, 6.07) is 8.58. The fourth-order valence-corrected chi connectivity index (χ4v) is 1.37. The van der Waals surface area contributed by atoms with Gasteiger partial charge in [0.15, 0.2) is 0 Å². The Kier molecular flexibility index (Phi) is 4.31. The molecule has 0 amide bonds. The molecule has 13 heavy (non-hydrogen) atoms. The van der Waals surface area contributed by atoms with Crippen LogP contribution in [0.2, 0.25) is 0 Å². The normalized spacial score (nSPS) is 12.8. The maximum absolute atomic E-state index is 2.24. The molecule has 0 saturated heterocycles. The molecule has 1 aliphatic rings. The molecule has 0 nitrogen and oxygen atoms in total. The maximum Gasteiger partial charge on any atom is -0.0228 e. The van der Waals surface area contributed by atoms with Gasteiger partial charge in [-0.25, -0.2) is 0 Å². The smallest absolute Gasteiger partial charge is 0.0228 e. The van der Waals surface area contributed by atoms with Gasteiger partial charge < -0.3 is 0 Å². The van der Waals surface area contributed by atoms with Crippen molar-refractivity contribution in [3.8, 4) is 0 Å². The van der Waals surface area contributed by atoms with E-state index < -0.39 is 0 Å². The Hall–Kier alpha value is -1.04. The van der Waals surface area contributed by atoms with Gasteiger partial charge in [-0.1, -0.05) is 56.7 Å². The molecule has 1 aliphatic carbocycles. The minimum absolute atomic E-state index is 1.21. The lowest BCUT2D eigenvalue weighted by Crippen LogP contribution is -1.91. The summed E-state index contributed by atoms with van der Waals surface area (Å²) in [6.07, 6.45) is 8.12. The van der Waals surface area contributed by atoms with Crippen molar-refractivity contribution in [1.29, 1.82) is 0 Å². The predicted octanol–water partition coefficient (Wildman–Crippen LogP) is 4.06. The van der Waals surface area contributed by atoms with E-state index in [9.17, 15) is 0 Å². The summed E-state index contributed by atoms with van der Waals surface area (Å²) in [6.45, 7) is 4.25. The highest BCUT2D eigenvalue weighted by molar-refractivity contribution is 5.55. The van der Waals surface area contributed by atoms with Gasteiger partial charge in [0.05, 0.1) is 0 Å². The van der Waals surface area contributed by atoms with Crippen LogP contribution in [0.15, 0.2) is 30.3 Å². The molecule has 0 aromatic heterocycles. The Morgan fingerprint density at radius 3 is 2.54 bits per heavy atom. The second kappa shape index (κ2) is 5.58. The summed E-state index contributed by atoms with van der Waals surface area (Å²) in [4.78, 5) is 0. The Morgan fingerprint density at radius 1 is 1.15 bits per heavy atom. The Balaban J connectivity index is 0.000000251. The summed E-state index contributed by atoms with van der Waals surface area (Å²) < 4.78 is 0. The molecular formula is C13H18. The predicted molar refractivity (Wildman–Crippen MR) is 59.8 cm³/mol. The summed E-state index contributed by atoms with van der Waals surface area (Å²) in [5.41, 5.74) is 2.89. The van der Waals surface area contributed by atoms with Crippen molar-refractivity contribution in [3.05, 3.63) is 41.5 Å². The molecular weight excluding hydrogens is 156 g/mol. The van der Waals surface area contributed by atoms with Gasteiger partial charge >= 0.3 is 0 Å². The fraction of sp³-hybridized carbons (Fsp3) is 0.385. The van der Waals surface area contributed by atoms with Crippen LogP contribution in [-0.2, 0) is 6.42 Å². The monoisotopic (exact) mass is 174 g/mol. The minimum atomic E-state index is 1.21. The van der Waals surface area contributed by atoms with Crippen molar-refractivity contribution in [2.75, 3.05) is 0 Å². The molecule has 0 radical (unpaired) electrons. The van der Waals surface area contributed by atoms with Crippen molar-refractivity contribution in [2.45, 2.75) is 33.1 Å². The van der Waals surface area contributed by atoms with Gasteiger partial charge in [-0.15, -0.1) is 0 Å². The van der Waals surface area contributed by atoms with Crippen LogP contribution < -0.4 is 0 Å². The molecule has 1 aromatic rings. The lowest BCUT2D eigenvalue weighted by molar-refractivity contribution is 0.986. The Labute approximate surface area is 81.3 Å². The number of aryl methyl sites for hydroxylation is 1. The van der Waals surface area contributed by atoms with Crippen LogP contribution in [0.5, 0.6) is 0 Å². The summed E-state index contributed by atoms with van der Waals surface area (Å²) >= 11 is 0. The molecule has 0 unspecified atom stereocenters. The highest BCUT2D eigenvalue weighted by Gasteiger charge is 2.00. The number of rotatable bonds is 0. The van der Waals surface area contributed by atoms with Crippen LogP contribution in [0, 0.1) is 0 Å². The highest BCUT2D eigenvalue weighted by Crippen LogP contribution is 2.17. The number of hydrogen-bond acceptors (Lipinski definition) is 0. The molecule has 0 saturated carbocycles. The van der Waals surface area contributed by atoms with Gasteiger partial charge in [-0.3, -0.25) is 0 Å². The molecule has 0 aliphatic heterocycles. The number of fused-ring (bicyclic) bond motifs is 1. The molecule has 0 N–H and O–H groups in total. The minimum Gasteiger partial charge on any atom is -0.0836 e. The average Bonchev–Trinajstić information content (AvgIpc) is 2.19. The van der Waals surface area contributed by atoms with Gasteiger partial charge in [0.25, 0.3) is 0 Å². The summed E-state index contributed by atoms with van der Waals surface area (Å²) in [7, 11) is 0. The first-order valence-electron chi connectivity index (χ1n) is 5.13. The maximum atomic E-state index is 2.24. The molecule has 0 heteroatoms. The van der Waals surface area contributed by atoms with E-state index in [-0.39, 0.29) is 0 Å². The van der Waals surface area contributed by atoms with Crippen LogP contribution in [0.3, 0.4) is 0 Å². The standard InChI is InChI=1S/C10H10.C3H8/c1-2-6-10-8-4-3-7-9(10)5-1;1-3-2/h1-3,5-7H,4,8H2;3H2,1-2H3. The van der Waals surface area contributed by atoms with E-state index >= 15 is 0 Å². The van der Waals surface area contributed by atoms with Gasteiger partial charge in [0.2, 0.25) is 0 Å². The topological polar surface area (TPSA) is 0 Å². The van der Waals surface area contributed by atoms with Crippen LogP contribution >= 0.6 is 0 Å². The first kappa shape index (κ1) is 10.0.